The maximum atomic E-state index is 12.7. The van der Waals surface area contributed by atoms with E-state index in [9.17, 15) is 19.2 Å². The molecule has 0 amide bonds. The van der Waals surface area contributed by atoms with E-state index < -0.39 is 23.7 Å². The van der Waals surface area contributed by atoms with Gasteiger partial charge in [-0.2, -0.15) is 0 Å². The van der Waals surface area contributed by atoms with Gasteiger partial charge in [-0.15, -0.1) is 0 Å². The number of benzene rings is 2. The van der Waals surface area contributed by atoms with E-state index in [0.29, 0.717) is 10.5 Å². The number of aliphatic hydroxyl groups is 1. The summed E-state index contributed by atoms with van der Waals surface area (Å²) in [6.07, 6.45) is 0.106. The Morgan fingerprint density at radius 3 is 2.14 bits per heavy atom. The number of hydrogen-bond donors (Lipinski definition) is 2. The third-order valence-corrected chi connectivity index (χ3v) is 5.54. The van der Waals surface area contributed by atoms with Crippen LogP contribution in [0.3, 0.4) is 0 Å². The van der Waals surface area contributed by atoms with Gasteiger partial charge in [-0.25, -0.2) is 14.4 Å². The molecule has 2 N–H and O–H groups in total. The molecule has 0 fully saturated rings. The summed E-state index contributed by atoms with van der Waals surface area (Å²) < 4.78 is 9.67. The van der Waals surface area contributed by atoms with Gasteiger partial charge in [-0.3, -0.25) is 4.79 Å². The first-order chi connectivity index (χ1) is 17.7. The normalized spacial score (nSPS) is 10.6. The van der Waals surface area contributed by atoms with Gasteiger partial charge < -0.3 is 24.7 Å². The number of Topliss-reactive ketones (excluding diaryl/α,β-unsaturated/α-hetero) is 1. The number of ketones is 1. The van der Waals surface area contributed by atoms with Gasteiger partial charge >= 0.3 is 17.9 Å². The summed E-state index contributed by atoms with van der Waals surface area (Å²) in [6.45, 7) is 5.78. The first kappa shape index (κ1) is 31.5. The van der Waals surface area contributed by atoms with Crippen molar-refractivity contribution in [1.82, 2.24) is 5.32 Å². The monoisotopic (exact) mass is 532 g/mol. The minimum absolute atomic E-state index is 0.0352. The largest absolute Gasteiger partial charge is 0.465 e. The number of carbonyl (C=O) groups is 4. The molecule has 0 spiro atoms. The molecule has 0 aromatic heterocycles. The molecule has 0 unspecified atom stereocenters. The highest BCUT2D eigenvalue weighted by Gasteiger charge is 2.21. The van der Waals surface area contributed by atoms with E-state index >= 15 is 0 Å². The SMILES string of the molecule is CCC(=O)O/N=C(\C)C(=O)c1ccc(Sc2ccc(C(=O)OCCO)cc2)cc1C(=O)OC.CCNC. The van der Waals surface area contributed by atoms with Gasteiger partial charge in [0.1, 0.15) is 12.3 Å². The van der Waals surface area contributed by atoms with Crippen molar-refractivity contribution in [3.8, 4) is 0 Å². The number of nitrogens with zero attached hydrogens (tertiary/aromatic N) is 1. The van der Waals surface area contributed by atoms with Crippen LogP contribution in [0.25, 0.3) is 0 Å². The lowest BCUT2D eigenvalue weighted by molar-refractivity contribution is -0.143. The minimum Gasteiger partial charge on any atom is -0.465 e. The lowest BCUT2D eigenvalue weighted by Crippen LogP contribution is -2.17. The molecule has 200 valence electrons. The maximum Gasteiger partial charge on any atom is 0.338 e. The topological polar surface area (TPSA) is 141 Å². The summed E-state index contributed by atoms with van der Waals surface area (Å²) >= 11 is 1.30. The number of carbonyl (C=O) groups excluding carboxylic acids is 4. The molecule has 2 rings (SSSR count). The lowest BCUT2D eigenvalue weighted by atomic mass is 10.0. The Hall–Kier alpha value is -3.54. The second-order valence-electron chi connectivity index (χ2n) is 7.21. The van der Waals surface area contributed by atoms with Crippen LogP contribution in [0, 0.1) is 0 Å². The molecule has 0 aliphatic rings. The summed E-state index contributed by atoms with van der Waals surface area (Å²) in [6, 6.07) is 11.2. The second kappa shape index (κ2) is 17.0. The number of oxime groups is 1. The van der Waals surface area contributed by atoms with Crippen LogP contribution < -0.4 is 5.32 Å². The van der Waals surface area contributed by atoms with E-state index in [2.05, 4.69) is 22.2 Å². The Morgan fingerprint density at radius 2 is 1.59 bits per heavy atom. The van der Waals surface area contributed by atoms with Crippen molar-refractivity contribution < 1.29 is 38.6 Å². The summed E-state index contributed by atoms with van der Waals surface area (Å²) in [5, 5.41) is 15.2. The fourth-order valence-corrected chi connectivity index (χ4v) is 3.36. The highest BCUT2D eigenvalue weighted by molar-refractivity contribution is 7.99. The molecule has 0 atom stereocenters. The molecule has 0 saturated carbocycles. The van der Waals surface area contributed by atoms with Crippen LogP contribution in [0.1, 0.15) is 58.3 Å². The Labute approximate surface area is 220 Å². The van der Waals surface area contributed by atoms with E-state index in [0.717, 1.165) is 11.4 Å². The van der Waals surface area contributed by atoms with Gasteiger partial charge in [-0.1, -0.05) is 30.8 Å². The number of methoxy groups -OCH3 is 1. The lowest BCUT2D eigenvalue weighted by Gasteiger charge is -2.10. The Balaban J connectivity index is 0.00000159. The molecule has 0 radical (unpaired) electrons. The number of aliphatic hydroxyl groups excluding tert-OH is 1. The molecular formula is C26H32N2O8S. The van der Waals surface area contributed by atoms with Crippen molar-refractivity contribution in [1.29, 1.82) is 0 Å². The molecule has 0 aliphatic carbocycles. The summed E-state index contributed by atoms with van der Waals surface area (Å²) in [5.41, 5.74) is 0.337. The second-order valence-corrected chi connectivity index (χ2v) is 8.36. The molecule has 37 heavy (non-hydrogen) atoms. The van der Waals surface area contributed by atoms with E-state index in [1.165, 1.54) is 37.9 Å². The minimum atomic E-state index is -0.707. The fourth-order valence-electron chi connectivity index (χ4n) is 2.50. The van der Waals surface area contributed by atoms with Gasteiger partial charge in [0.05, 0.1) is 24.8 Å². The Morgan fingerprint density at radius 1 is 0.973 bits per heavy atom. The first-order valence-corrected chi connectivity index (χ1v) is 12.3. The van der Waals surface area contributed by atoms with Crippen LogP contribution in [-0.4, -0.2) is 68.4 Å². The van der Waals surface area contributed by atoms with Gasteiger partial charge in [-0.05, 0) is 63.0 Å². The maximum absolute atomic E-state index is 12.7. The van der Waals surface area contributed by atoms with Crippen molar-refractivity contribution in [3.63, 3.8) is 0 Å². The zero-order chi connectivity index (χ0) is 27.8. The number of ether oxygens (including phenoxy) is 2. The van der Waals surface area contributed by atoms with Crippen molar-refractivity contribution in [3.05, 3.63) is 59.2 Å². The Bertz CT molecular complexity index is 1100. The van der Waals surface area contributed by atoms with Crippen molar-refractivity contribution in [2.45, 2.75) is 37.0 Å². The summed E-state index contributed by atoms with van der Waals surface area (Å²) in [7, 11) is 3.13. The van der Waals surface area contributed by atoms with Gasteiger partial charge in [0.2, 0.25) is 5.78 Å². The molecule has 0 bridgehead atoms. The van der Waals surface area contributed by atoms with Crippen molar-refractivity contribution in [2.75, 3.05) is 33.9 Å². The van der Waals surface area contributed by atoms with Crippen molar-refractivity contribution >= 4 is 41.2 Å². The smallest absolute Gasteiger partial charge is 0.338 e. The fraction of sp³-hybridized carbons (Fsp3) is 0.346. The van der Waals surface area contributed by atoms with Crippen LogP contribution in [0.5, 0.6) is 0 Å². The summed E-state index contributed by atoms with van der Waals surface area (Å²) in [4.78, 5) is 54.2. The molecule has 0 heterocycles. The molecule has 0 saturated heterocycles. The third kappa shape index (κ3) is 10.5. The standard InChI is InChI=1S/C23H23NO8S.C3H9N/c1-4-20(26)32-24-14(2)21(27)18-10-9-17(13-19(18)23(29)30-3)33-16-7-5-15(6-8-16)22(28)31-12-11-25;1-3-4-2/h5-10,13,25H,4,11-12H2,1-3H3;4H,3H2,1-2H3/b24-14+;. The predicted molar refractivity (Wildman–Crippen MR) is 139 cm³/mol. The van der Waals surface area contributed by atoms with E-state index in [1.807, 2.05) is 7.05 Å². The third-order valence-electron chi connectivity index (χ3n) is 4.55. The van der Waals surface area contributed by atoms with Crippen LogP contribution in [0.2, 0.25) is 0 Å². The zero-order valence-corrected chi connectivity index (χ0v) is 22.3. The molecule has 10 nitrogen and oxygen atoms in total. The average molecular weight is 533 g/mol. The first-order valence-electron chi connectivity index (χ1n) is 11.4. The van der Waals surface area contributed by atoms with E-state index in [4.69, 9.17) is 14.6 Å². The molecule has 0 aliphatic heterocycles. The zero-order valence-electron chi connectivity index (χ0n) is 21.5. The van der Waals surface area contributed by atoms with Crippen LogP contribution in [-0.2, 0) is 19.1 Å². The number of hydrogen-bond acceptors (Lipinski definition) is 11. The molecule has 2 aromatic carbocycles. The van der Waals surface area contributed by atoms with Crippen LogP contribution in [0.15, 0.2) is 57.4 Å². The predicted octanol–water partition coefficient (Wildman–Crippen LogP) is 3.51. The highest BCUT2D eigenvalue weighted by atomic mass is 32.2. The molecular weight excluding hydrogens is 500 g/mol. The van der Waals surface area contributed by atoms with E-state index in [-0.39, 0.29) is 36.5 Å². The summed E-state index contributed by atoms with van der Waals surface area (Å²) in [5.74, 6) is -2.42. The number of rotatable bonds is 11. The van der Waals surface area contributed by atoms with Gasteiger partial charge in [0.15, 0.2) is 0 Å². The Kier molecular flexibility index (Phi) is 14.5. The van der Waals surface area contributed by atoms with Crippen molar-refractivity contribution in [2.24, 2.45) is 5.16 Å². The van der Waals surface area contributed by atoms with Crippen LogP contribution in [0.4, 0.5) is 0 Å². The van der Waals surface area contributed by atoms with Crippen LogP contribution >= 0.6 is 11.8 Å². The van der Waals surface area contributed by atoms with E-state index in [1.54, 1.807) is 37.3 Å². The highest BCUT2D eigenvalue weighted by Crippen LogP contribution is 2.30. The molecule has 2 aromatic rings. The molecule has 11 heteroatoms. The number of nitrogens with one attached hydrogen (secondary N) is 1. The average Bonchev–Trinajstić information content (AvgIpc) is 2.93. The van der Waals surface area contributed by atoms with Gasteiger partial charge in [0, 0.05) is 21.8 Å². The quantitative estimate of drug-likeness (QED) is 0.145. The van der Waals surface area contributed by atoms with Gasteiger partial charge in [0.25, 0.3) is 0 Å². The number of esters is 2.